The molecule has 1 aliphatic heterocycles. The van der Waals surface area contributed by atoms with Crippen molar-refractivity contribution in [3.63, 3.8) is 0 Å². The third-order valence-electron chi connectivity index (χ3n) is 10.2. The highest BCUT2D eigenvalue weighted by Gasteiger charge is 2.25. The molecule has 1 aliphatic rings. The Morgan fingerprint density at radius 2 is 1.25 bits per heavy atom. The van der Waals surface area contributed by atoms with E-state index in [2.05, 4.69) is 41.0 Å². The first kappa shape index (κ1) is 44.4. The highest BCUT2D eigenvalue weighted by molar-refractivity contribution is 6.13. The lowest BCUT2D eigenvalue weighted by molar-refractivity contribution is -0.138. The largest absolute Gasteiger partial charge is 0.494 e. The Kier molecular flexibility index (Phi) is 12.8. The predicted molar refractivity (Wildman–Crippen MR) is 233 cm³/mol. The predicted octanol–water partition coefficient (Wildman–Crippen LogP) is 1.96. The van der Waals surface area contributed by atoms with E-state index in [1.807, 2.05) is 0 Å². The maximum atomic E-state index is 13.4. The normalized spacial score (nSPS) is 12.5. The van der Waals surface area contributed by atoms with Crippen LogP contribution in [0.4, 0.5) is 11.9 Å². The van der Waals surface area contributed by atoms with Gasteiger partial charge in [-0.15, -0.1) is 0 Å². The van der Waals surface area contributed by atoms with Crippen LogP contribution in [-0.4, -0.2) is 125 Å². The molecule has 23 heteroatoms. The summed E-state index contributed by atoms with van der Waals surface area (Å²) in [4.78, 5) is 99.7. The van der Waals surface area contributed by atoms with Gasteiger partial charge in [0, 0.05) is 74.3 Å². The second-order valence-electron chi connectivity index (χ2n) is 14.9. The third kappa shape index (κ3) is 9.72. The fourth-order valence-corrected chi connectivity index (χ4v) is 6.97. The molecule has 0 radical (unpaired) electrons. The van der Waals surface area contributed by atoms with Gasteiger partial charge in [-0.05, 0) is 56.7 Å². The number of aromatic nitrogens is 8. The summed E-state index contributed by atoms with van der Waals surface area (Å²) in [6.07, 6.45) is 6.13. The maximum Gasteiger partial charge on any atom is 0.278 e. The number of fused-ring (bicyclic) bond motifs is 2. The number of hydrogen-bond acceptors (Lipinski definition) is 13. The van der Waals surface area contributed by atoms with E-state index in [9.17, 15) is 33.6 Å². The molecule has 8 N–H and O–H groups in total. The van der Waals surface area contributed by atoms with E-state index in [0.29, 0.717) is 34.4 Å². The van der Waals surface area contributed by atoms with Crippen molar-refractivity contribution in [2.75, 3.05) is 44.5 Å². The van der Waals surface area contributed by atoms with Crippen molar-refractivity contribution in [3.05, 3.63) is 94.6 Å². The van der Waals surface area contributed by atoms with Gasteiger partial charge in [0.1, 0.15) is 22.5 Å². The zero-order valence-corrected chi connectivity index (χ0v) is 35.6. The van der Waals surface area contributed by atoms with Gasteiger partial charge in [-0.2, -0.15) is 10.2 Å². The number of ether oxygens (including phenoxy) is 2. The van der Waals surface area contributed by atoms with E-state index in [4.69, 9.17) is 20.9 Å². The number of allylic oxidation sites excluding steroid dienone is 2. The van der Waals surface area contributed by atoms with Crippen molar-refractivity contribution in [3.8, 4) is 11.5 Å². The molecule has 0 fully saturated rings. The molecule has 0 spiro atoms. The van der Waals surface area contributed by atoms with E-state index >= 15 is 0 Å². The van der Waals surface area contributed by atoms with Crippen molar-refractivity contribution in [1.29, 1.82) is 0 Å². The average Bonchev–Trinajstić information content (AvgIpc) is 4.11. The molecule has 0 bridgehead atoms. The van der Waals surface area contributed by atoms with Gasteiger partial charge in [0.25, 0.3) is 23.6 Å². The Bertz CT molecular complexity index is 2940. The number of imidazole rings is 2. The molecule has 336 valence electrons. The fraction of sp³-hybridized carbons (Fsp3) is 0.262. The van der Waals surface area contributed by atoms with E-state index in [1.165, 1.54) is 36.3 Å². The van der Waals surface area contributed by atoms with Crippen LogP contribution in [-0.2, 0) is 27.5 Å². The van der Waals surface area contributed by atoms with Gasteiger partial charge in [-0.3, -0.25) is 59.3 Å². The minimum absolute atomic E-state index is 0.0481. The van der Waals surface area contributed by atoms with Gasteiger partial charge >= 0.3 is 0 Å². The summed E-state index contributed by atoms with van der Waals surface area (Å²) in [6.45, 7) is 3.93. The molecule has 4 aromatic heterocycles. The Morgan fingerprint density at radius 3 is 1.71 bits per heavy atom. The number of rotatable bonds is 19. The molecule has 23 nitrogen and oxygen atoms in total. The molecule has 0 saturated carbocycles. The Labute approximate surface area is 368 Å². The summed E-state index contributed by atoms with van der Waals surface area (Å²) in [5.41, 5.74) is 14.5. The molecule has 0 atom stereocenters. The highest BCUT2D eigenvalue weighted by atomic mass is 16.5. The SMILES string of the molecule is COc1cc(C(N)=O)cc2nc(NC(=O)c3cc(C)[nH]n3)n(C/C=C/Cn3c(NC(=O)c4cc(C)[nH]n4)nc4cc(C(N)=O)cc(OCCCN(C)C(=O)CCN5C(=O)C=CC5=O)c43)c12. The van der Waals surface area contributed by atoms with Crippen molar-refractivity contribution in [1.82, 2.24) is 49.3 Å². The third-order valence-corrected chi connectivity index (χ3v) is 10.2. The number of methoxy groups -OCH3 is 1. The van der Waals surface area contributed by atoms with Crippen molar-refractivity contribution in [2.45, 2.75) is 39.8 Å². The Morgan fingerprint density at radius 1 is 0.754 bits per heavy atom. The minimum atomic E-state index is -0.754. The van der Waals surface area contributed by atoms with Crippen molar-refractivity contribution < 1.29 is 43.0 Å². The number of nitrogens with one attached hydrogen (secondary N) is 4. The Balaban J connectivity index is 1.17. The second-order valence-corrected chi connectivity index (χ2v) is 14.9. The second kappa shape index (κ2) is 18.8. The number of nitrogens with two attached hydrogens (primary N) is 2. The lowest BCUT2D eigenvalue weighted by atomic mass is 10.1. The molecule has 7 amide bonds. The minimum Gasteiger partial charge on any atom is -0.494 e. The summed E-state index contributed by atoms with van der Waals surface area (Å²) < 4.78 is 15.2. The zero-order chi connectivity index (χ0) is 46.5. The fourth-order valence-electron chi connectivity index (χ4n) is 6.97. The van der Waals surface area contributed by atoms with Crippen molar-refractivity contribution in [2.24, 2.45) is 11.5 Å². The van der Waals surface area contributed by atoms with E-state index in [1.54, 1.807) is 54.3 Å². The molecule has 0 saturated heterocycles. The number of benzene rings is 2. The van der Waals surface area contributed by atoms with Crippen LogP contribution in [0.3, 0.4) is 0 Å². The van der Waals surface area contributed by atoms with Crippen LogP contribution in [0.5, 0.6) is 11.5 Å². The number of anilines is 2. The molecule has 0 aliphatic carbocycles. The highest BCUT2D eigenvalue weighted by Crippen LogP contribution is 2.33. The lowest BCUT2D eigenvalue weighted by Crippen LogP contribution is -2.36. The number of imide groups is 1. The van der Waals surface area contributed by atoms with Gasteiger partial charge in [0.05, 0.1) is 24.8 Å². The summed E-state index contributed by atoms with van der Waals surface area (Å²) in [5, 5.41) is 19.1. The van der Waals surface area contributed by atoms with Crippen LogP contribution in [0.15, 0.2) is 60.7 Å². The summed E-state index contributed by atoms with van der Waals surface area (Å²) in [7, 11) is 3.01. The van der Waals surface area contributed by atoms with Crippen LogP contribution in [0.25, 0.3) is 22.1 Å². The number of H-pyrrole nitrogens is 2. The molecule has 5 heterocycles. The quantitative estimate of drug-likeness (QED) is 0.0386. The number of carbonyl (C=O) groups is 7. The van der Waals surface area contributed by atoms with Crippen LogP contribution < -0.4 is 31.6 Å². The molecular weight excluding hydrogens is 845 g/mol. The van der Waals surface area contributed by atoms with Crippen LogP contribution in [0.1, 0.15) is 65.9 Å². The van der Waals surface area contributed by atoms with Gasteiger partial charge < -0.3 is 35.0 Å². The number of carbonyl (C=O) groups excluding carboxylic acids is 7. The summed E-state index contributed by atoms with van der Waals surface area (Å²) in [6, 6.07) is 9.02. The van der Waals surface area contributed by atoms with Gasteiger partial charge in [0.15, 0.2) is 11.4 Å². The van der Waals surface area contributed by atoms with Crippen LogP contribution in [0, 0.1) is 13.8 Å². The molecular formula is C42H44N14O9. The van der Waals surface area contributed by atoms with Gasteiger partial charge in [-0.1, -0.05) is 12.2 Å². The topological polar surface area (TPSA) is 314 Å². The zero-order valence-electron chi connectivity index (χ0n) is 35.6. The van der Waals surface area contributed by atoms with Gasteiger partial charge in [-0.25, -0.2) is 9.97 Å². The standard InChI is InChI=1S/C42H44N14O9/c1-22-16-28(51-49-22)39(62)47-41-45-26-18-24(37(43)60)20-30(64-4)35(26)55(41)12-5-6-13-56-36-27(46-42(56)48-40(63)29-17-23(2)50-52-29)19-25(38(44)61)21-31(36)65-15-7-11-53(3)32(57)10-14-54-33(58)8-9-34(54)59/h5-6,8-9,16-21H,7,10-15H2,1-4H3,(H2,43,60)(H2,44,61)(H,49,51)(H,50,52)(H,45,47,62)(H,46,48,63)/b6-5+. The summed E-state index contributed by atoms with van der Waals surface area (Å²) in [5.74, 6) is -3.15. The first-order valence-corrected chi connectivity index (χ1v) is 20.1. The first-order chi connectivity index (χ1) is 31.1. The number of primary amides is 2. The maximum absolute atomic E-state index is 13.4. The number of hydrogen-bond donors (Lipinski definition) is 6. The average molecular weight is 889 g/mol. The smallest absolute Gasteiger partial charge is 0.278 e. The first-order valence-electron chi connectivity index (χ1n) is 20.1. The van der Waals surface area contributed by atoms with Crippen molar-refractivity contribution >= 4 is 75.3 Å². The molecule has 0 unspecified atom stereocenters. The molecule has 65 heavy (non-hydrogen) atoms. The van der Waals surface area contributed by atoms with Crippen LogP contribution in [0.2, 0.25) is 0 Å². The van der Waals surface area contributed by atoms with E-state index in [0.717, 1.165) is 17.1 Å². The number of aromatic amines is 2. The Hall–Kier alpha value is -8.63. The number of aryl methyl sites for hydroxylation is 2. The lowest BCUT2D eigenvalue weighted by Gasteiger charge is -2.19. The monoisotopic (exact) mass is 888 g/mol. The van der Waals surface area contributed by atoms with Gasteiger partial charge in [0.2, 0.25) is 29.6 Å². The molecule has 7 rings (SSSR count). The van der Waals surface area contributed by atoms with E-state index in [-0.39, 0.29) is 96.5 Å². The number of amides is 7. The number of nitrogens with zero attached hydrogens (tertiary/aromatic N) is 8. The molecule has 6 aromatic rings. The summed E-state index contributed by atoms with van der Waals surface area (Å²) >= 11 is 0. The molecule has 2 aromatic carbocycles. The van der Waals surface area contributed by atoms with E-state index < -0.39 is 35.4 Å². The van der Waals surface area contributed by atoms with Crippen LogP contribution >= 0.6 is 0 Å².